The standard InChI is InChI=1S/C8H10F2N4O4/c1-18-7-5(14(16)17)6(12-4-13-7)11-2-8(9,10)3-15/h4,15H,2-3H2,1H3,(H,11,12,13). The van der Waals surface area contributed by atoms with E-state index in [1.54, 1.807) is 0 Å². The van der Waals surface area contributed by atoms with Gasteiger partial charge in [0.2, 0.25) is 5.82 Å². The molecule has 2 N–H and O–H groups in total. The quantitative estimate of drug-likeness (QED) is 0.566. The number of hydrogen-bond acceptors (Lipinski definition) is 7. The van der Waals surface area contributed by atoms with Crippen LogP contribution in [-0.4, -0.2) is 46.2 Å². The Morgan fingerprint density at radius 3 is 2.78 bits per heavy atom. The van der Waals surface area contributed by atoms with Crippen molar-refractivity contribution >= 4 is 11.5 Å². The van der Waals surface area contributed by atoms with Crippen LogP contribution in [0.5, 0.6) is 5.88 Å². The minimum atomic E-state index is -3.41. The molecule has 0 aliphatic carbocycles. The van der Waals surface area contributed by atoms with Gasteiger partial charge in [0.15, 0.2) is 0 Å². The van der Waals surface area contributed by atoms with E-state index < -0.39 is 35.5 Å². The third-order valence-corrected chi connectivity index (χ3v) is 1.91. The number of halogens is 2. The molecular weight excluding hydrogens is 254 g/mol. The van der Waals surface area contributed by atoms with E-state index in [9.17, 15) is 18.9 Å². The molecule has 18 heavy (non-hydrogen) atoms. The smallest absolute Gasteiger partial charge is 0.372 e. The van der Waals surface area contributed by atoms with Crippen molar-refractivity contribution in [3.8, 4) is 5.88 Å². The van der Waals surface area contributed by atoms with Crippen LogP contribution in [0.15, 0.2) is 6.33 Å². The number of aliphatic hydroxyl groups is 1. The molecule has 1 rings (SSSR count). The van der Waals surface area contributed by atoms with E-state index in [-0.39, 0.29) is 5.88 Å². The molecule has 1 heterocycles. The Balaban J connectivity index is 2.99. The molecule has 0 amide bonds. The maximum Gasteiger partial charge on any atom is 0.372 e. The summed E-state index contributed by atoms with van der Waals surface area (Å²) in [5.74, 6) is -4.16. The number of alkyl halides is 2. The first-order valence-corrected chi connectivity index (χ1v) is 4.67. The number of hydrogen-bond donors (Lipinski definition) is 2. The normalized spacial score (nSPS) is 11.1. The van der Waals surface area contributed by atoms with Crippen molar-refractivity contribution < 1.29 is 23.5 Å². The Kier molecular flexibility index (Phi) is 4.26. The summed E-state index contributed by atoms with van der Waals surface area (Å²) in [6.45, 7) is -2.37. The number of nitro groups is 1. The molecule has 0 unspecified atom stereocenters. The van der Waals surface area contributed by atoms with Gasteiger partial charge in [-0.2, -0.15) is 4.98 Å². The molecule has 0 bridgehead atoms. The Hall–Kier alpha value is -2.10. The molecular formula is C8H10F2N4O4. The predicted molar refractivity (Wildman–Crippen MR) is 55.8 cm³/mol. The Morgan fingerprint density at radius 1 is 1.61 bits per heavy atom. The van der Waals surface area contributed by atoms with Crippen LogP contribution in [0.3, 0.4) is 0 Å². The van der Waals surface area contributed by atoms with Gasteiger partial charge in [0.25, 0.3) is 11.8 Å². The van der Waals surface area contributed by atoms with Gasteiger partial charge in [-0.25, -0.2) is 13.8 Å². The summed E-state index contributed by atoms with van der Waals surface area (Å²) in [6, 6.07) is 0. The van der Waals surface area contributed by atoms with Crippen LogP contribution in [0.2, 0.25) is 0 Å². The van der Waals surface area contributed by atoms with Crippen molar-refractivity contribution in [3.63, 3.8) is 0 Å². The fraction of sp³-hybridized carbons (Fsp3) is 0.500. The van der Waals surface area contributed by atoms with Crippen LogP contribution < -0.4 is 10.1 Å². The average molecular weight is 264 g/mol. The molecule has 1 aromatic heterocycles. The summed E-state index contributed by atoms with van der Waals surface area (Å²) in [7, 11) is 1.15. The summed E-state index contributed by atoms with van der Waals surface area (Å²) in [5.41, 5.74) is -0.645. The second-order valence-electron chi connectivity index (χ2n) is 3.20. The molecule has 0 saturated carbocycles. The van der Waals surface area contributed by atoms with E-state index in [0.29, 0.717) is 0 Å². The van der Waals surface area contributed by atoms with Crippen LogP contribution in [0.1, 0.15) is 0 Å². The van der Waals surface area contributed by atoms with E-state index in [0.717, 1.165) is 13.4 Å². The maximum atomic E-state index is 12.8. The van der Waals surface area contributed by atoms with E-state index in [4.69, 9.17) is 5.11 Å². The average Bonchev–Trinajstić information content (AvgIpc) is 2.35. The Labute approximate surface area is 99.8 Å². The minimum Gasteiger partial charge on any atom is -0.476 e. The van der Waals surface area contributed by atoms with E-state index in [2.05, 4.69) is 20.0 Å². The van der Waals surface area contributed by atoms with Crippen LogP contribution in [0.4, 0.5) is 20.3 Å². The van der Waals surface area contributed by atoms with Crippen LogP contribution in [0, 0.1) is 10.1 Å². The topological polar surface area (TPSA) is 110 Å². The fourth-order valence-corrected chi connectivity index (χ4v) is 1.07. The molecule has 0 fully saturated rings. The molecule has 0 atom stereocenters. The Morgan fingerprint density at radius 2 is 2.28 bits per heavy atom. The van der Waals surface area contributed by atoms with E-state index >= 15 is 0 Å². The largest absolute Gasteiger partial charge is 0.476 e. The zero-order valence-corrected chi connectivity index (χ0v) is 9.26. The number of methoxy groups -OCH3 is 1. The first-order valence-electron chi connectivity index (χ1n) is 4.67. The summed E-state index contributed by atoms with van der Waals surface area (Å²) in [4.78, 5) is 16.9. The van der Waals surface area contributed by atoms with Crippen molar-refractivity contribution in [1.29, 1.82) is 0 Å². The molecule has 10 heteroatoms. The lowest BCUT2D eigenvalue weighted by atomic mass is 10.3. The number of anilines is 1. The number of aromatic nitrogens is 2. The van der Waals surface area contributed by atoms with Crippen molar-refractivity contribution in [3.05, 3.63) is 16.4 Å². The van der Waals surface area contributed by atoms with Gasteiger partial charge in [-0.3, -0.25) is 10.1 Å². The summed E-state index contributed by atoms with van der Waals surface area (Å²) < 4.78 is 30.2. The van der Waals surface area contributed by atoms with Crippen molar-refractivity contribution in [2.45, 2.75) is 5.92 Å². The van der Waals surface area contributed by atoms with Gasteiger partial charge in [0.05, 0.1) is 18.6 Å². The molecule has 100 valence electrons. The summed E-state index contributed by atoms with van der Waals surface area (Å²) in [5, 5.41) is 21.2. The van der Waals surface area contributed by atoms with Crippen molar-refractivity contribution in [1.82, 2.24) is 9.97 Å². The predicted octanol–water partition coefficient (Wildman–Crippen LogP) is 0.433. The molecule has 0 saturated heterocycles. The monoisotopic (exact) mass is 264 g/mol. The minimum absolute atomic E-state index is 0.343. The molecule has 0 spiro atoms. The number of aliphatic hydroxyl groups excluding tert-OH is 1. The lowest BCUT2D eigenvalue weighted by molar-refractivity contribution is -0.385. The van der Waals surface area contributed by atoms with Crippen LogP contribution in [0.25, 0.3) is 0 Å². The lowest BCUT2D eigenvalue weighted by Crippen LogP contribution is -2.31. The van der Waals surface area contributed by atoms with E-state index in [1.807, 2.05) is 0 Å². The molecule has 0 aliphatic heterocycles. The molecule has 0 aliphatic rings. The van der Waals surface area contributed by atoms with Crippen molar-refractivity contribution in [2.24, 2.45) is 0 Å². The lowest BCUT2D eigenvalue weighted by Gasteiger charge is -2.14. The van der Waals surface area contributed by atoms with Crippen LogP contribution >= 0.6 is 0 Å². The van der Waals surface area contributed by atoms with Gasteiger partial charge in [0.1, 0.15) is 12.9 Å². The highest BCUT2D eigenvalue weighted by Gasteiger charge is 2.30. The summed E-state index contributed by atoms with van der Waals surface area (Å²) in [6.07, 6.45) is 0.936. The second kappa shape index (κ2) is 5.49. The van der Waals surface area contributed by atoms with Gasteiger partial charge in [-0.15, -0.1) is 0 Å². The highest BCUT2D eigenvalue weighted by molar-refractivity contribution is 5.61. The van der Waals surface area contributed by atoms with E-state index in [1.165, 1.54) is 0 Å². The number of nitrogens with zero attached hydrogens (tertiary/aromatic N) is 3. The first kappa shape index (κ1) is 14.0. The fourth-order valence-electron chi connectivity index (χ4n) is 1.07. The van der Waals surface area contributed by atoms with Gasteiger partial charge in [-0.05, 0) is 0 Å². The highest BCUT2D eigenvalue weighted by atomic mass is 19.3. The summed E-state index contributed by atoms with van der Waals surface area (Å²) >= 11 is 0. The van der Waals surface area contributed by atoms with Gasteiger partial charge in [-0.1, -0.05) is 0 Å². The Bertz CT molecular complexity index is 443. The molecule has 1 aromatic rings. The zero-order chi connectivity index (χ0) is 13.8. The van der Waals surface area contributed by atoms with Gasteiger partial charge < -0.3 is 15.2 Å². The molecule has 0 radical (unpaired) electrons. The number of rotatable bonds is 6. The third kappa shape index (κ3) is 3.20. The van der Waals surface area contributed by atoms with Gasteiger partial charge >= 0.3 is 5.69 Å². The van der Waals surface area contributed by atoms with Crippen LogP contribution in [-0.2, 0) is 0 Å². The highest BCUT2D eigenvalue weighted by Crippen LogP contribution is 2.30. The SMILES string of the molecule is COc1ncnc(NCC(F)(F)CO)c1[N+](=O)[O-]. The molecule has 0 aromatic carbocycles. The van der Waals surface area contributed by atoms with Crippen molar-refractivity contribution in [2.75, 3.05) is 25.6 Å². The number of nitrogens with one attached hydrogen (secondary N) is 1. The maximum absolute atomic E-state index is 12.8. The zero-order valence-electron chi connectivity index (χ0n) is 9.26. The molecule has 8 nitrogen and oxygen atoms in total. The number of ether oxygens (including phenoxy) is 1. The third-order valence-electron chi connectivity index (χ3n) is 1.91. The first-order chi connectivity index (χ1) is 8.41. The van der Waals surface area contributed by atoms with Gasteiger partial charge in [0, 0.05) is 0 Å². The second-order valence-corrected chi connectivity index (χ2v) is 3.20.